The lowest BCUT2D eigenvalue weighted by molar-refractivity contribution is 0.317. The number of nitrogens with zero attached hydrogens (tertiary/aromatic N) is 1. The summed E-state index contributed by atoms with van der Waals surface area (Å²) in [4.78, 5) is 0. The molecule has 76 valence electrons. The van der Waals surface area contributed by atoms with Gasteiger partial charge in [0.2, 0.25) is 0 Å². The molecule has 2 nitrogen and oxygen atoms in total. The smallest absolute Gasteiger partial charge is 0.0799 e. The summed E-state index contributed by atoms with van der Waals surface area (Å²) in [6.07, 6.45) is 5.22. The van der Waals surface area contributed by atoms with Crippen molar-refractivity contribution in [2.45, 2.75) is 19.3 Å². The average Bonchev–Trinajstić information content (AvgIpc) is 2.66. The molecule has 0 saturated heterocycles. The number of hydrogen-bond donors (Lipinski definition) is 1. The van der Waals surface area contributed by atoms with E-state index in [-0.39, 0.29) is 0 Å². The van der Waals surface area contributed by atoms with E-state index in [1.807, 2.05) is 0 Å². The first-order valence-corrected chi connectivity index (χ1v) is 5.39. The summed E-state index contributed by atoms with van der Waals surface area (Å²) in [7, 11) is 0. The minimum Gasteiger partial charge on any atom is -0.411 e. The molecule has 1 N–H and O–H groups in total. The van der Waals surface area contributed by atoms with E-state index >= 15 is 0 Å². The van der Waals surface area contributed by atoms with Crippen molar-refractivity contribution in [1.82, 2.24) is 0 Å². The van der Waals surface area contributed by atoms with Gasteiger partial charge in [-0.1, -0.05) is 29.4 Å². The lowest BCUT2D eigenvalue weighted by Crippen LogP contribution is -2.10. The highest BCUT2D eigenvalue weighted by molar-refractivity contribution is 6.03. The molecule has 0 bridgehead atoms. The summed E-state index contributed by atoms with van der Waals surface area (Å²) in [5.41, 5.74) is 4.97. The number of oxime groups is 1. The first kappa shape index (κ1) is 8.72. The Morgan fingerprint density at radius 3 is 3.00 bits per heavy atom. The van der Waals surface area contributed by atoms with Crippen LogP contribution in [0.25, 0.3) is 5.57 Å². The van der Waals surface area contributed by atoms with Crippen LogP contribution >= 0.6 is 0 Å². The third kappa shape index (κ3) is 1.29. The molecular formula is C13H13NO. The molecule has 1 aromatic carbocycles. The third-order valence-corrected chi connectivity index (χ3v) is 3.43. The van der Waals surface area contributed by atoms with Crippen molar-refractivity contribution >= 4 is 11.3 Å². The number of fused-ring (bicyclic) bond motifs is 3. The summed E-state index contributed by atoms with van der Waals surface area (Å²) in [5.74, 6) is 0.646. The molecule has 0 saturated carbocycles. The molecule has 2 aliphatic carbocycles. The first-order chi connectivity index (χ1) is 7.38. The second-order valence-corrected chi connectivity index (χ2v) is 4.29. The van der Waals surface area contributed by atoms with E-state index in [4.69, 9.17) is 5.21 Å². The molecule has 0 aromatic heterocycles. The van der Waals surface area contributed by atoms with Crippen molar-refractivity contribution in [2.75, 3.05) is 0 Å². The molecule has 3 rings (SSSR count). The maximum atomic E-state index is 8.80. The van der Waals surface area contributed by atoms with Gasteiger partial charge >= 0.3 is 0 Å². The second-order valence-electron chi connectivity index (χ2n) is 4.29. The average molecular weight is 199 g/mol. The normalized spacial score (nSPS) is 26.0. The van der Waals surface area contributed by atoms with E-state index in [1.165, 1.54) is 16.7 Å². The van der Waals surface area contributed by atoms with E-state index in [0.717, 1.165) is 25.0 Å². The maximum absolute atomic E-state index is 8.80. The third-order valence-electron chi connectivity index (χ3n) is 3.43. The van der Waals surface area contributed by atoms with Crippen molar-refractivity contribution in [1.29, 1.82) is 0 Å². The Morgan fingerprint density at radius 2 is 2.13 bits per heavy atom. The van der Waals surface area contributed by atoms with Gasteiger partial charge in [0.05, 0.1) is 5.71 Å². The molecule has 1 atom stereocenters. The number of benzene rings is 1. The molecule has 0 spiro atoms. The van der Waals surface area contributed by atoms with Gasteiger partial charge in [0.25, 0.3) is 0 Å². The zero-order valence-corrected chi connectivity index (χ0v) is 8.48. The molecule has 0 amide bonds. The van der Waals surface area contributed by atoms with Gasteiger partial charge in [0.1, 0.15) is 0 Å². The Bertz CT molecular complexity index is 459. The molecule has 0 aliphatic heterocycles. The highest BCUT2D eigenvalue weighted by atomic mass is 16.4. The second kappa shape index (κ2) is 3.23. The summed E-state index contributed by atoms with van der Waals surface area (Å²) < 4.78 is 0. The molecule has 15 heavy (non-hydrogen) atoms. The highest BCUT2D eigenvalue weighted by Crippen LogP contribution is 2.41. The van der Waals surface area contributed by atoms with E-state index < -0.39 is 0 Å². The van der Waals surface area contributed by atoms with Crippen molar-refractivity contribution in [3.8, 4) is 0 Å². The summed E-state index contributed by atoms with van der Waals surface area (Å²) in [5, 5.41) is 12.1. The molecular weight excluding hydrogens is 186 g/mol. The van der Waals surface area contributed by atoms with Gasteiger partial charge in [-0.25, -0.2) is 0 Å². The molecule has 0 radical (unpaired) electrons. The molecule has 0 heterocycles. The fourth-order valence-corrected chi connectivity index (χ4v) is 2.68. The zero-order valence-electron chi connectivity index (χ0n) is 8.48. The number of allylic oxidation sites excluding steroid dienone is 2. The predicted molar refractivity (Wildman–Crippen MR) is 60.1 cm³/mol. The van der Waals surface area contributed by atoms with Crippen LogP contribution < -0.4 is 0 Å². The van der Waals surface area contributed by atoms with E-state index in [0.29, 0.717) is 5.92 Å². The number of hydrogen-bond acceptors (Lipinski definition) is 2. The highest BCUT2D eigenvalue weighted by Gasteiger charge is 2.29. The molecule has 1 aromatic rings. The monoisotopic (exact) mass is 199 g/mol. The van der Waals surface area contributed by atoms with Gasteiger partial charge in [0, 0.05) is 0 Å². The standard InChI is InChI=1S/C13H13NO/c15-14-11-6-5-10-7-9-3-1-2-4-12(9)13(10)8-11/h1-4,8,10,15H,5-7H2/b14-11+. The van der Waals surface area contributed by atoms with Crippen molar-refractivity contribution in [3.05, 3.63) is 41.5 Å². The Kier molecular flexibility index (Phi) is 1.88. The Labute approximate surface area is 88.9 Å². The lowest BCUT2D eigenvalue weighted by atomic mass is 9.87. The van der Waals surface area contributed by atoms with Crippen LogP contribution in [0.1, 0.15) is 24.0 Å². The molecule has 2 aliphatic rings. The maximum Gasteiger partial charge on any atom is 0.0799 e. The minimum absolute atomic E-state index is 0.646. The molecule has 0 fully saturated rings. The minimum atomic E-state index is 0.646. The van der Waals surface area contributed by atoms with Crippen LogP contribution in [-0.2, 0) is 6.42 Å². The quantitative estimate of drug-likeness (QED) is 0.505. The van der Waals surface area contributed by atoms with Crippen LogP contribution in [-0.4, -0.2) is 10.9 Å². The topological polar surface area (TPSA) is 32.6 Å². The van der Waals surface area contributed by atoms with Gasteiger partial charge in [-0.05, 0) is 48.0 Å². The van der Waals surface area contributed by atoms with Crippen LogP contribution in [0.15, 0.2) is 35.5 Å². The van der Waals surface area contributed by atoms with Crippen molar-refractivity contribution in [2.24, 2.45) is 11.1 Å². The lowest BCUT2D eigenvalue weighted by Gasteiger charge is -2.17. The molecule has 2 heteroatoms. The summed E-state index contributed by atoms with van der Waals surface area (Å²) >= 11 is 0. The van der Waals surface area contributed by atoms with Gasteiger partial charge in [0.15, 0.2) is 0 Å². The molecule has 1 unspecified atom stereocenters. The Balaban J connectivity index is 2.12. The van der Waals surface area contributed by atoms with Gasteiger partial charge in [-0.2, -0.15) is 0 Å². The Hall–Kier alpha value is -1.57. The number of rotatable bonds is 0. The summed E-state index contributed by atoms with van der Waals surface area (Å²) in [6, 6.07) is 8.54. The van der Waals surface area contributed by atoms with Crippen LogP contribution in [0.4, 0.5) is 0 Å². The van der Waals surface area contributed by atoms with Gasteiger partial charge in [-0.3, -0.25) is 0 Å². The fraction of sp³-hybridized carbons (Fsp3) is 0.308. The van der Waals surface area contributed by atoms with Crippen molar-refractivity contribution < 1.29 is 5.21 Å². The van der Waals surface area contributed by atoms with Crippen LogP contribution in [0.3, 0.4) is 0 Å². The largest absolute Gasteiger partial charge is 0.411 e. The van der Waals surface area contributed by atoms with Gasteiger partial charge in [-0.15, -0.1) is 0 Å². The van der Waals surface area contributed by atoms with Crippen LogP contribution in [0, 0.1) is 5.92 Å². The van der Waals surface area contributed by atoms with E-state index in [9.17, 15) is 0 Å². The SMILES string of the molecule is O/N=C1/C=C2c3ccccc3CC2CC1. The van der Waals surface area contributed by atoms with Crippen LogP contribution in [0.2, 0.25) is 0 Å². The van der Waals surface area contributed by atoms with Crippen LogP contribution in [0.5, 0.6) is 0 Å². The Morgan fingerprint density at radius 1 is 1.27 bits per heavy atom. The van der Waals surface area contributed by atoms with Crippen molar-refractivity contribution in [3.63, 3.8) is 0 Å². The van der Waals surface area contributed by atoms with E-state index in [2.05, 4.69) is 35.5 Å². The zero-order chi connectivity index (χ0) is 10.3. The first-order valence-electron chi connectivity index (χ1n) is 5.39. The van der Waals surface area contributed by atoms with E-state index in [1.54, 1.807) is 0 Å². The fourth-order valence-electron chi connectivity index (χ4n) is 2.68. The summed E-state index contributed by atoms with van der Waals surface area (Å²) in [6.45, 7) is 0. The van der Waals surface area contributed by atoms with Gasteiger partial charge < -0.3 is 5.21 Å². The predicted octanol–water partition coefficient (Wildman–Crippen LogP) is 2.87.